The van der Waals surface area contributed by atoms with Crippen molar-refractivity contribution in [3.8, 4) is 89.0 Å². The molecular weight excluding hydrogens is 1290 g/mol. The number of aromatic nitrogens is 8. The topological polar surface area (TPSA) is 155 Å². The van der Waals surface area contributed by atoms with Gasteiger partial charge in [-0.05, 0) is 55.7 Å². The molecule has 0 aliphatic rings. The van der Waals surface area contributed by atoms with Gasteiger partial charge in [-0.2, -0.15) is 20.4 Å². The summed E-state index contributed by atoms with van der Waals surface area (Å²) in [6.45, 7) is 0. The average Bonchev–Trinajstić information content (AvgIpc) is 0.974. The minimum atomic E-state index is -1.82. The van der Waals surface area contributed by atoms with E-state index in [1.54, 1.807) is 28.2 Å². The van der Waals surface area contributed by atoms with Crippen molar-refractivity contribution in [3.63, 3.8) is 0 Å². The Kier molecular flexibility index (Phi) is 19.4. The lowest BCUT2D eigenvalue weighted by atomic mass is 9.84. The van der Waals surface area contributed by atoms with Crippen LogP contribution in [0.3, 0.4) is 0 Å². The highest BCUT2D eigenvalue weighted by atomic mass is 19.2. The molecule has 2 amide bonds. The lowest BCUT2D eigenvalue weighted by Crippen LogP contribution is -2.06. The van der Waals surface area contributed by atoms with Crippen LogP contribution in [0.2, 0.25) is 0 Å². The number of amides is 2. The van der Waals surface area contributed by atoms with E-state index in [1.807, 2.05) is 0 Å². The number of nitrogens with zero attached hydrogens (tertiary/aromatic N) is 6. The molecule has 28 heteroatoms. The molecule has 4 aromatic heterocycles. The summed E-state index contributed by atoms with van der Waals surface area (Å²) in [5.41, 5.74) is -12.3. The van der Waals surface area contributed by atoms with Gasteiger partial charge in [0.15, 0.2) is 93.1 Å². The zero-order valence-electron chi connectivity index (χ0n) is 49.6. The normalized spacial score (nSPS) is 11.0. The van der Waals surface area contributed by atoms with Crippen molar-refractivity contribution in [2.24, 2.45) is 0 Å². The van der Waals surface area contributed by atoms with Gasteiger partial charge in [-0.25, -0.2) is 70.2 Å². The van der Waals surface area contributed by atoms with Gasteiger partial charge in [0.2, 0.25) is 12.8 Å². The fraction of sp³-hybridized carbons (Fsp3) is 0.0588. The maximum Gasteiger partial charge on any atom is 0.209 e. The van der Waals surface area contributed by atoms with Crippen molar-refractivity contribution in [2.75, 3.05) is 28.2 Å². The number of carbonyl (C=O) groups excluding carboxylic acids is 2. The third kappa shape index (κ3) is 12.5. The van der Waals surface area contributed by atoms with E-state index in [9.17, 15) is 9.59 Å². The standard InChI is InChI=1S/C62H28F16N8.2C3H7NO/c63-47-39(48(64)56(72)43(55(47)71)33-17-79-80-18-33)29-9-1-25(2-10-29)37(26-3-11-30(12-4-26)40-49(65)57(73)44(58(74)50(40)66)34-19-81-82-20-34)38(27-5-13-31(14-6-27)41-51(67)59(75)45(60(76)52(41)68)35-21-83-84-22-35)28-7-15-32(16-8-28)42-53(69)61(77)46(62(78)54(42)70)36-23-85-86-24-36;2*1-4(2)3-5/h1-24H,(H,79,80)(H,81,82)(H,83,84)(H,85,86);2*3H,1-2H3. The van der Waals surface area contributed by atoms with E-state index in [4.69, 9.17) is 0 Å². The first-order valence-electron chi connectivity index (χ1n) is 27.7. The summed E-state index contributed by atoms with van der Waals surface area (Å²) in [5, 5.41) is 23.4. The fourth-order valence-electron chi connectivity index (χ4n) is 10.2. The van der Waals surface area contributed by atoms with Gasteiger partial charge in [-0.1, -0.05) is 97.1 Å². The van der Waals surface area contributed by atoms with Gasteiger partial charge >= 0.3 is 0 Å². The highest BCUT2D eigenvalue weighted by Crippen LogP contribution is 2.45. The Balaban J connectivity index is 0.000000934. The van der Waals surface area contributed by atoms with Gasteiger partial charge in [0, 0.05) is 75.2 Å². The van der Waals surface area contributed by atoms with Crippen LogP contribution in [0.25, 0.3) is 100 Å². The summed E-state index contributed by atoms with van der Waals surface area (Å²) >= 11 is 0. The van der Waals surface area contributed by atoms with Gasteiger partial charge in [0.1, 0.15) is 0 Å². The Morgan fingerprint density at radius 1 is 0.260 bits per heavy atom. The van der Waals surface area contributed by atoms with Crippen LogP contribution in [0.5, 0.6) is 0 Å². The van der Waals surface area contributed by atoms with Crippen molar-refractivity contribution in [1.29, 1.82) is 0 Å². The van der Waals surface area contributed by atoms with Crippen LogP contribution in [-0.4, -0.2) is 91.6 Å². The molecule has 0 radical (unpaired) electrons. The van der Waals surface area contributed by atoms with Gasteiger partial charge in [-0.3, -0.25) is 30.0 Å². The Labute approximate surface area is 531 Å². The Morgan fingerprint density at radius 2 is 0.396 bits per heavy atom. The molecule has 96 heavy (non-hydrogen) atoms. The largest absolute Gasteiger partial charge is 0.351 e. The first-order valence-corrected chi connectivity index (χ1v) is 27.7. The predicted molar refractivity (Wildman–Crippen MR) is 322 cm³/mol. The van der Waals surface area contributed by atoms with Crippen LogP contribution in [-0.2, 0) is 9.59 Å². The van der Waals surface area contributed by atoms with Crippen molar-refractivity contribution in [2.45, 2.75) is 0 Å². The summed E-state index contributed by atoms with van der Waals surface area (Å²) < 4.78 is 254. The third-order valence-corrected chi connectivity index (χ3v) is 14.7. The summed E-state index contributed by atoms with van der Waals surface area (Å²) in [6, 6.07) is 17.8. The molecule has 0 aliphatic carbocycles. The minimum Gasteiger partial charge on any atom is -0.351 e. The highest BCUT2D eigenvalue weighted by Gasteiger charge is 2.33. The quantitative estimate of drug-likeness (QED) is 0.0368. The monoisotopic (exact) mass is 1330 g/mol. The van der Waals surface area contributed by atoms with Crippen molar-refractivity contribution in [3.05, 3.63) is 262 Å². The van der Waals surface area contributed by atoms with Gasteiger partial charge in [0.25, 0.3) is 0 Å². The van der Waals surface area contributed by atoms with Crippen molar-refractivity contribution in [1.82, 2.24) is 50.6 Å². The number of H-pyrrole nitrogens is 4. The maximum atomic E-state index is 16.0. The van der Waals surface area contributed by atoms with Crippen LogP contribution in [0.4, 0.5) is 70.2 Å². The van der Waals surface area contributed by atoms with Crippen LogP contribution >= 0.6 is 0 Å². The summed E-state index contributed by atoms with van der Waals surface area (Å²) in [7, 11) is 6.75. The molecule has 0 spiro atoms. The Morgan fingerprint density at radius 3 is 0.510 bits per heavy atom. The van der Waals surface area contributed by atoms with E-state index in [0.29, 0.717) is 0 Å². The zero-order valence-corrected chi connectivity index (χ0v) is 49.6. The molecule has 12 rings (SSSR count). The number of rotatable bonds is 14. The number of nitrogens with one attached hydrogen (secondary N) is 4. The van der Waals surface area contributed by atoms with Crippen molar-refractivity contribution >= 4 is 24.0 Å². The molecule has 0 bridgehead atoms. The number of aromatic amines is 4. The molecule has 0 atom stereocenters. The second kappa shape index (κ2) is 27.8. The Bertz CT molecular complexity index is 4180. The highest BCUT2D eigenvalue weighted by molar-refractivity contribution is 6.05. The number of halogens is 16. The second-order valence-electron chi connectivity index (χ2n) is 21.2. The summed E-state index contributed by atoms with van der Waals surface area (Å²) in [5.74, 6) is -28.9. The van der Waals surface area contributed by atoms with Gasteiger partial charge in [0.05, 0.1) is 69.3 Å². The van der Waals surface area contributed by atoms with Gasteiger partial charge < -0.3 is 9.80 Å². The predicted octanol–water partition coefficient (Wildman–Crippen LogP) is 16.6. The van der Waals surface area contributed by atoms with Crippen molar-refractivity contribution < 1.29 is 79.8 Å². The maximum absolute atomic E-state index is 16.0. The molecule has 8 aromatic carbocycles. The molecular formula is C68H42F16N10O2. The molecule has 488 valence electrons. The molecule has 0 fully saturated rings. The van der Waals surface area contributed by atoms with Crippen LogP contribution < -0.4 is 0 Å². The molecule has 0 saturated carbocycles. The molecule has 4 heterocycles. The van der Waals surface area contributed by atoms with Crippen LogP contribution in [0.1, 0.15) is 22.3 Å². The number of hydrogen-bond donors (Lipinski definition) is 4. The fourth-order valence-corrected chi connectivity index (χ4v) is 10.2. The van der Waals surface area contributed by atoms with E-state index < -0.39 is 160 Å². The zero-order chi connectivity index (χ0) is 69.1. The molecule has 0 unspecified atom stereocenters. The van der Waals surface area contributed by atoms with Crippen LogP contribution in [0.15, 0.2) is 147 Å². The van der Waals surface area contributed by atoms with E-state index in [-0.39, 0.29) is 55.7 Å². The molecule has 0 aliphatic heterocycles. The average molecular weight is 1340 g/mol. The van der Waals surface area contributed by atoms with E-state index >= 15 is 70.2 Å². The number of hydrogen-bond acceptors (Lipinski definition) is 6. The first kappa shape index (κ1) is 67.1. The molecule has 0 saturated heterocycles. The number of benzene rings is 8. The lowest BCUT2D eigenvalue weighted by Gasteiger charge is -2.20. The van der Waals surface area contributed by atoms with E-state index in [2.05, 4.69) is 40.8 Å². The van der Waals surface area contributed by atoms with Crippen LogP contribution in [0, 0.1) is 93.1 Å². The summed E-state index contributed by atoms with van der Waals surface area (Å²) in [6.07, 6.45) is 9.14. The molecule has 4 N–H and O–H groups in total. The number of carbonyl (C=O) groups is 2. The molecule has 12 nitrogen and oxygen atoms in total. The first-order chi connectivity index (χ1) is 45.9. The minimum absolute atomic E-state index is 0.00696. The molecule has 12 aromatic rings. The SMILES string of the molecule is CN(C)C=O.CN(C)C=O.Fc1c(F)c(-c2cn[nH]c2)c(F)c(F)c1-c1ccc(C(=C(c2ccc(-c3c(F)c(F)c(-c4cn[nH]c4)c(F)c3F)cc2)c2ccc(-c3c(F)c(F)c(-c4cn[nH]c4)c(F)c3F)cc2)c2ccc(-c3c(F)c(F)c(-c4cn[nH]c4)c(F)c3F)cc2)cc1. The lowest BCUT2D eigenvalue weighted by molar-refractivity contribution is -0.116. The van der Waals surface area contributed by atoms with E-state index in [0.717, 1.165) is 111 Å². The third-order valence-electron chi connectivity index (χ3n) is 14.7. The second-order valence-corrected chi connectivity index (χ2v) is 21.2. The summed E-state index contributed by atoms with van der Waals surface area (Å²) in [4.78, 5) is 21.8. The Hall–Kier alpha value is -11.8. The van der Waals surface area contributed by atoms with E-state index in [1.165, 1.54) is 58.3 Å². The van der Waals surface area contributed by atoms with Gasteiger partial charge in [-0.15, -0.1) is 0 Å². The smallest absolute Gasteiger partial charge is 0.209 e.